The lowest BCUT2D eigenvalue weighted by Gasteiger charge is -2.26. The topological polar surface area (TPSA) is 91.1 Å². The molecule has 0 spiro atoms. The Kier molecular flexibility index (Phi) is 6.51. The monoisotopic (exact) mass is 338 g/mol. The molecule has 0 aromatic heterocycles. The summed E-state index contributed by atoms with van der Waals surface area (Å²) in [5.74, 6) is 0.201. The van der Waals surface area contributed by atoms with Crippen LogP contribution in [0.1, 0.15) is 23.7 Å². The minimum Gasteiger partial charge on any atom is -0.493 e. The second-order valence-corrected chi connectivity index (χ2v) is 5.49. The number of methoxy groups -OCH3 is 1. The molecule has 0 saturated carbocycles. The molecule has 0 unspecified atom stereocenters. The molecule has 0 atom stereocenters. The predicted molar refractivity (Wildman–Crippen MR) is 87.0 cm³/mol. The summed E-state index contributed by atoms with van der Waals surface area (Å²) in [4.78, 5) is 24.4. The van der Waals surface area contributed by atoms with E-state index in [0.29, 0.717) is 12.4 Å². The highest BCUT2D eigenvalue weighted by Gasteiger charge is 2.22. The van der Waals surface area contributed by atoms with Crippen LogP contribution in [0.25, 0.3) is 0 Å². The zero-order valence-corrected chi connectivity index (χ0v) is 13.9. The summed E-state index contributed by atoms with van der Waals surface area (Å²) in [6.45, 7) is 5.86. The molecule has 2 rings (SSSR count). The van der Waals surface area contributed by atoms with Gasteiger partial charge in [-0.2, -0.15) is 0 Å². The lowest BCUT2D eigenvalue weighted by Crippen LogP contribution is -2.37. The van der Waals surface area contributed by atoms with Gasteiger partial charge >= 0.3 is 0 Å². The van der Waals surface area contributed by atoms with E-state index in [1.807, 2.05) is 0 Å². The smallest absolute Gasteiger partial charge is 0.284 e. The van der Waals surface area contributed by atoms with Crippen molar-refractivity contribution in [3.63, 3.8) is 0 Å². The van der Waals surface area contributed by atoms with Crippen LogP contribution in [0.2, 0.25) is 0 Å². The second-order valence-electron chi connectivity index (χ2n) is 5.49. The quantitative estimate of drug-likeness (QED) is 0.309. The van der Waals surface area contributed by atoms with Crippen LogP contribution in [-0.4, -0.2) is 62.2 Å². The molecule has 1 fully saturated rings. The molecule has 1 aromatic carbocycles. The van der Waals surface area contributed by atoms with Gasteiger partial charge in [-0.15, -0.1) is 0 Å². The van der Waals surface area contributed by atoms with Crippen LogP contribution in [0.15, 0.2) is 12.1 Å². The van der Waals surface area contributed by atoms with Crippen molar-refractivity contribution >= 4 is 11.5 Å². The number of carbonyl (C=O) groups excluding carboxylic acids is 1. The molecule has 1 aromatic rings. The fourth-order valence-electron chi connectivity index (χ4n) is 2.55. The summed E-state index contributed by atoms with van der Waals surface area (Å²) in [5.41, 5.74) is -0.260. The molecule has 0 radical (unpaired) electrons. The van der Waals surface area contributed by atoms with Gasteiger partial charge in [0, 0.05) is 25.7 Å². The van der Waals surface area contributed by atoms with Crippen molar-refractivity contribution in [2.75, 3.05) is 46.6 Å². The van der Waals surface area contributed by atoms with Crippen molar-refractivity contribution < 1.29 is 23.9 Å². The molecular formula is C16H22N2O6. The highest BCUT2D eigenvalue weighted by atomic mass is 16.6. The second kappa shape index (κ2) is 8.60. The standard InChI is InChI=1S/C16H22N2O6/c1-12(19)13-10-15(22-2)16(11-14(13)18(20)21)24-7-3-4-17-5-8-23-9-6-17/h10-11H,3-9H2,1-2H3. The number of ether oxygens (including phenoxy) is 3. The first kappa shape index (κ1) is 18.2. The normalized spacial score (nSPS) is 15.1. The summed E-state index contributed by atoms with van der Waals surface area (Å²) in [6, 6.07) is 2.61. The number of rotatable bonds is 8. The van der Waals surface area contributed by atoms with Gasteiger partial charge in [0.2, 0.25) is 0 Å². The van der Waals surface area contributed by atoms with Gasteiger partial charge in [0.05, 0.1) is 43.5 Å². The van der Waals surface area contributed by atoms with Gasteiger partial charge in [-0.25, -0.2) is 0 Å². The number of hydrogen-bond acceptors (Lipinski definition) is 7. The first-order valence-electron chi connectivity index (χ1n) is 7.83. The number of hydrogen-bond donors (Lipinski definition) is 0. The predicted octanol–water partition coefficient (Wildman–Crippen LogP) is 1.91. The molecule has 0 bridgehead atoms. The Bertz CT molecular complexity index is 598. The van der Waals surface area contributed by atoms with Gasteiger partial charge in [-0.05, 0) is 13.3 Å². The van der Waals surface area contributed by atoms with Crippen molar-refractivity contribution in [3.05, 3.63) is 27.8 Å². The van der Waals surface area contributed by atoms with E-state index in [0.717, 1.165) is 39.3 Å². The van der Waals surface area contributed by atoms with E-state index in [4.69, 9.17) is 14.2 Å². The number of morpholine rings is 1. The van der Waals surface area contributed by atoms with E-state index in [2.05, 4.69) is 4.90 Å². The Morgan fingerprint density at radius 3 is 2.62 bits per heavy atom. The first-order chi connectivity index (χ1) is 11.5. The highest BCUT2D eigenvalue weighted by molar-refractivity contribution is 5.98. The zero-order valence-electron chi connectivity index (χ0n) is 13.9. The minimum atomic E-state index is -0.587. The molecule has 24 heavy (non-hydrogen) atoms. The van der Waals surface area contributed by atoms with E-state index >= 15 is 0 Å². The SMILES string of the molecule is COc1cc(C(C)=O)c([N+](=O)[O-])cc1OCCCN1CCOCC1. The number of ketones is 1. The fraction of sp³-hybridized carbons (Fsp3) is 0.562. The van der Waals surface area contributed by atoms with Crippen molar-refractivity contribution in [2.24, 2.45) is 0 Å². The van der Waals surface area contributed by atoms with Gasteiger partial charge < -0.3 is 14.2 Å². The summed E-state index contributed by atoms with van der Waals surface area (Å²) in [6.07, 6.45) is 0.783. The van der Waals surface area contributed by atoms with Gasteiger partial charge in [0.25, 0.3) is 5.69 Å². The Labute approximate surface area is 140 Å². The van der Waals surface area contributed by atoms with Crippen molar-refractivity contribution in [1.29, 1.82) is 0 Å². The number of nitro groups is 1. The van der Waals surface area contributed by atoms with Gasteiger partial charge in [-0.3, -0.25) is 19.8 Å². The van der Waals surface area contributed by atoms with Crippen molar-refractivity contribution in [1.82, 2.24) is 4.90 Å². The number of carbonyl (C=O) groups is 1. The third kappa shape index (κ3) is 4.65. The summed E-state index contributed by atoms with van der Waals surface area (Å²) < 4.78 is 16.1. The molecule has 8 heteroatoms. The molecule has 1 aliphatic heterocycles. The van der Waals surface area contributed by atoms with Crippen LogP contribution in [0.3, 0.4) is 0 Å². The maximum atomic E-state index is 11.6. The Morgan fingerprint density at radius 2 is 2.04 bits per heavy atom. The molecule has 0 N–H and O–H groups in total. The number of nitro benzene ring substituents is 1. The van der Waals surface area contributed by atoms with E-state index in [9.17, 15) is 14.9 Å². The van der Waals surface area contributed by atoms with E-state index < -0.39 is 4.92 Å². The van der Waals surface area contributed by atoms with Crippen LogP contribution in [0.4, 0.5) is 5.69 Å². The van der Waals surface area contributed by atoms with Gasteiger partial charge in [-0.1, -0.05) is 0 Å². The van der Waals surface area contributed by atoms with Crippen LogP contribution >= 0.6 is 0 Å². The molecule has 1 aliphatic rings. The van der Waals surface area contributed by atoms with Gasteiger partial charge in [0.1, 0.15) is 0 Å². The zero-order chi connectivity index (χ0) is 17.5. The fourth-order valence-corrected chi connectivity index (χ4v) is 2.55. The maximum Gasteiger partial charge on any atom is 0.284 e. The number of Topliss-reactive ketones (excluding diaryl/α,β-unsaturated/α-hetero) is 1. The third-order valence-electron chi connectivity index (χ3n) is 3.84. The molecule has 1 heterocycles. The third-order valence-corrected chi connectivity index (χ3v) is 3.84. The molecular weight excluding hydrogens is 316 g/mol. The number of nitrogens with zero attached hydrogens (tertiary/aromatic N) is 2. The Balaban J connectivity index is 2.01. The van der Waals surface area contributed by atoms with Crippen LogP contribution in [0.5, 0.6) is 11.5 Å². The molecule has 0 aliphatic carbocycles. The first-order valence-corrected chi connectivity index (χ1v) is 7.83. The van der Waals surface area contributed by atoms with Crippen molar-refractivity contribution in [2.45, 2.75) is 13.3 Å². The lowest BCUT2D eigenvalue weighted by molar-refractivity contribution is -0.385. The highest BCUT2D eigenvalue weighted by Crippen LogP contribution is 2.35. The van der Waals surface area contributed by atoms with Crippen LogP contribution in [-0.2, 0) is 4.74 Å². The molecule has 132 valence electrons. The molecule has 1 saturated heterocycles. The summed E-state index contributed by atoms with van der Waals surface area (Å²) >= 11 is 0. The van der Waals surface area contributed by atoms with Gasteiger partial charge in [0.15, 0.2) is 17.3 Å². The van der Waals surface area contributed by atoms with Crippen LogP contribution < -0.4 is 9.47 Å². The molecule has 8 nitrogen and oxygen atoms in total. The van der Waals surface area contributed by atoms with E-state index in [1.165, 1.54) is 26.2 Å². The summed E-state index contributed by atoms with van der Waals surface area (Å²) in [5, 5.41) is 11.2. The maximum absolute atomic E-state index is 11.6. The number of benzene rings is 1. The lowest BCUT2D eigenvalue weighted by atomic mass is 10.1. The Morgan fingerprint density at radius 1 is 1.33 bits per heavy atom. The van der Waals surface area contributed by atoms with E-state index in [-0.39, 0.29) is 22.8 Å². The van der Waals surface area contributed by atoms with Crippen LogP contribution in [0, 0.1) is 10.1 Å². The summed E-state index contributed by atoms with van der Waals surface area (Å²) in [7, 11) is 1.44. The van der Waals surface area contributed by atoms with Crippen molar-refractivity contribution in [3.8, 4) is 11.5 Å². The average Bonchev–Trinajstić information content (AvgIpc) is 2.58. The molecule has 0 amide bonds. The Hall–Kier alpha value is -2.19. The average molecular weight is 338 g/mol. The largest absolute Gasteiger partial charge is 0.493 e. The van der Waals surface area contributed by atoms with E-state index in [1.54, 1.807) is 0 Å². The minimum absolute atomic E-state index is 0.0116.